The number of para-hydroxylation sites is 2. The summed E-state index contributed by atoms with van der Waals surface area (Å²) >= 11 is 0. The van der Waals surface area contributed by atoms with Gasteiger partial charge in [-0.25, -0.2) is 0 Å². The zero-order valence-corrected chi connectivity index (χ0v) is 18.0. The minimum Gasteiger partial charge on any atom is -0.481 e. The Morgan fingerprint density at radius 3 is 2.53 bits per heavy atom. The number of benzene rings is 2. The molecule has 1 heterocycles. The highest BCUT2D eigenvalue weighted by Crippen LogP contribution is 2.23. The highest BCUT2D eigenvalue weighted by atomic mass is 16.4. The van der Waals surface area contributed by atoms with Gasteiger partial charge in [-0.3, -0.25) is 9.59 Å². The molecule has 8 nitrogen and oxygen atoms in total. The number of likely N-dealkylation sites (N-methyl/N-ethyl adjacent to an activating group) is 1. The molecule has 0 unspecified atom stereocenters. The van der Waals surface area contributed by atoms with Crippen LogP contribution >= 0.6 is 0 Å². The Hall–Kier alpha value is -3.26. The maximum Gasteiger partial charge on any atom is 0.300 e. The molecule has 0 aromatic heterocycles. The van der Waals surface area contributed by atoms with Crippen molar-refractivity contribution in [3.63, 3.8) is 0 Å². The molecule has 0 aliphatic carbocycles. The molecule has 1 aliphatic rings. The summed E-state index contributed by atoms with van der Waals surface area (Å²) in [6.45, 7) is 4.28. The van der Waals surface area contributed by atoms with Crippen molar-refractivity contribution in [3.05, 3.63) is 53.6 Å². The summed E-state index contributed by atoms with van der Waals surface area (Å²) in [7, 11) is 5.80. The van der Waals surface area contributed by atoms with E-state index in [1.165, 1.54) is 0 Å². The number of carbonyl (C=O) groups excluding carboxylic acids is 1. The number of nitrogens with one attached hydrogen (secondary N) is 3. The van der Waals surface area contributed by atoms with Crippen molar-refractivity contribution >= 4 is 28.9 Å². The van der Waals surface area contributed by atoms with Gasteiger partial charge >= 0.3 is 0 Å². The van der Waals surface area contributed by atoms with Crippen LogP contribution in [0.1, 0.15) is 22.8 Å². The van der Waals surface area contributed by atoms with Crippen LogP contribution in [0, 0.1) is 0 Å². The van der Waals surface area contributed by atoms with Crippen LogP contribution in [0.15, 0.2) is 42.5 Å². The lowest BCUT2D eigenvalue weighted by Gasteiger charge is -2.21. The van der Waals surface area contributed by atoms with Gasteiger partial charge in [-0.1, -0.05) is 12.1 Å². The van der Waals surface area contributed by atoms with Crippen LogP contribution in [0.5, 0.6) is 0 Å². The topological polar surface area (TPSA) is 96.9 Å². The second-order valence-electron chi connectivity index (χ2n) is 7.19. The first-order chi connectivity index (χ1) is 14.3. The zero-order valence-electron chi connectivity index (χ0n) is 18.0. The van der Waals surface area contributed by atoms with E-state index in [0.717, 1.165) is 49.2 Å². The number of hydrogen-bond donors (Lipinski definition) is 4. The number of fused-ring (bicyclic) bond motifs is 1. The van der Waals surface area contributed by atoms with Crippen LogP contribution in [0.3, 0.4) is 0 Å². The van der Waals surface area contributed by atoms with Gasteiger partial charge in [0.05, 0.1) is 18.0 Å². The average molecular weight is 414 g/mol. The number of aliphatic carboxylic acids is 1. The molecule has 2 aromatic carbocycles. The fourth-order valence-electron chi connectivity index (χ4n) is 3.13. The van der Waals surface area contributed by atoms with Gasteiger partial charge in [0.1, 0.15) is 0 Å². The molecule has 2 aromatic rings. The fraction of sp³-hybridized carbons (Fsp3) is 0.364. The summed E-state index contributed by atoms with van der Waals surface area (Å²) in [6.07, 6.45) is 0. The lowest BCUT2D eigenvalue weighted by Crippen LogP contribution is -2.32. The van der Waals surface area contributed by atoms with Crippen LogP contribution in [0.25, 0.3) is 0 Å². The maximum atomic E-state index is 12.8. The molecule has 0 fully saturated rings. The SMILES string of the molecule is CC(=O)O.CNc1ccccc1NCN(C)C(=O)c1ccc2c(c1)CN(C)CCN2. The fourth-order valence-corrected chi connectivity index (χ4v) is 3.13. The van der Waals surface area contributed by atoms with Crippen molar-refractivity contribution in [2.75, 3.05) is 56.9 Å². The summed E-state index contributed by atoms with van der Waals surface area (Å²) in [6, 6.07) is 13.9. The number of carbonyl (C=O) groups is 2. The first-order valence-electron chi connectivity index (χ1n) is 9.82. The predicted molar refractivity (Wildman–Crippen MR) is 121 cm³/mol. The number of rotatable bonds is 5. The summed E-state index contributed by atoms with van der Waals surface area (Å²) in [5.41, 5.74) is 4.98. The van der Waals surface area contributed by atoms with Gasteiger partial charge in [0.25, 0.3) is 11.9 Å². The Morgan fingerprint density at radius 1 is 1.20 bits per heavy atom. The molecule has 1 amide bonds. The summed E-state index contributed by atoms with van der Waals surface area (Å²) in [4.78, 5) is 25.8. The number of amides is 1. The maximum absolute atomic E-state index is 12.8. The van der Waals surface area contributed by atoms with Crippen LogP contribution < -0.4 is 16.0 Å². The van der Waals surface area contributed by atoms with Gasteiger partial charge in [0.15, 0.2) is 0 Å². The Labute approximate surface area is 177 Å². The molecule has 3 rings (SSSR count). The van der Waals surface area contributed by atoms with Crippen LogP contribution in [-0.2, 0) is 11.3 Å². The predicted octanol–water partition coefficient (Wildman–Crippen LogP) is 2.82. The third kappa shape index (κ3) is 6.66. The molecule has 0 bridgehead atoms. The first kappa shape index (κ1) is 23.0. The molecule has 4 N–H and O–H groups in total. The van der Waals surface area contributed by atoms with E-state index in [0.29, 0.717) is 12.2 Å². The largest absolute Gasteiger partial charge is 0.481 e. The highest BCUT2D eigenvalue weighted by Gasteiger charge is 2.16. The molecular formula is C22H31N5O3. The lowest BCUT2D eigenvalue weighted by atomic mass is 10.1. The van der Waals surface area contributed by atoms with Gasteiger partial charge < -0.3 is 30.9 Å². The van der Waals surface area contributed by atoms with Gasteiger partial charge in [0.2, 0.25) is 0 Å². The summed E-state index contributed by atoms with van der Waals surface area (Å²) in [5.74, 6) is -0.825. The van der Waals surface area contributed by atoms with Gasteiger partial charge in [-0.2, -0.15) is 0 Å². The summed E-state index contributed by atoms with van der Waals surface area (Å²) < 4.78 is 0. The van der Waals surface area contributed by atoms with E-state index in [1.54, 1.807) is 4.90 Å². The van der Waals surface area contributed by atoms with E-state index in [-0.39, 0.29) is 5.91 Å². The number of carboxylic acid groups (broad SMARTS) is 1. The van der Waals surface area contributed by atoms with Crippen LogP contribution in [0.2, 0.25) is 0 Å². The van der Waals surface area contributed by atoms with Crippen LogP contribution in [-0.4, -0.2) is 67.7 Å². The smallest absolute Gasteiger partial charge is 0.300 e. The Morgan fingerprint density at radius 2 is 1.87 bits per heavy atom. The number of nitrogens with zero attached hydrogens (tertiary/aromatic N) is 2. The molecule has 0 atom stereocenters. The molecule has 0 saturated carbocycles. The quantitative estimate of drug-likeness (QED) is 0.560. The Kier molecular flexibility index (Phi) is 8.49. The average Bonchev–Trinajstić information content (AvgIpc) is 2.91. The minimum atomic E-state index is -0.833. The van der Waals surface area contributed by atoms with Crippen molar-refractivity contribution < 1.29 is 14.7 Å². The van der Waals surface area contributed by atoms with Crippen molar-refractivity contribution in [1.29, 1.82) is 0 Å². The van der Waals surface area contributed by atoms with E-state index < -0.39 is 5.97 Å². The Bertz CT molecular complexity index is 868. The standard InChI is InChI=1S/C20H27N5O.C2H4O2/c1-21-18-6-4-5-7-19(18)23-14-25(3)20(26)15-8-9-17-16(12-15)13-24(2)11-10-22-17;1-2(3)4/h4-9,12,21-23H,10-11,13-14H2,1-3H3;1H3,(H,3,4). The van der Waals surface area contributed by atoms with E-state index in [9.17, 15) is 4.79 Å². The number of hydrogen-bond acceptors (Lipinski definition) is 6. The molecule has 0 spiro atoms. The zero-order chi connectivity index (χ0) is 22.1. The molecule has 1 aliphatic heterocycles. The van der Waals surface area contributed by atoms with Crippen molar-refractivity contribution in [1.82, 2.24) is 9.80 Å². The normalized spacial score (nSPS) is 12.9. The third-order valence-electron chi connectivity index (χ3n) is 4.65. The number of anilines is 3. The second-order valence-corrected chi connectivity index (χ2v) is 7.19. The second kappa shape index (κ2) is 11.1. The molecule has 0 radical (unpaired) electrons. The first-order valence-corrected chi connectivity index (χ1v) is 9.82. The van der Waals surface area contributed by atoms with E-state index in [2.05, 4.69) is 27.9 Å². The molecule has 8 heteroatoms. The minimum absolute atomic E-state index is 0.00846. The van der Waals surface area contributed by atoms with E-state index >= 15 is 0 Å². The van der Waals surface area contributed by atoms with Gasteiger partial charge in [-0.05, 0) is 42.9 Å². The number of carboxylic acids is 1. The van der Waals surface area contributed by atoms with Gasteiger partial charge in [0, 0.05) is 51.9 Å². The Balaban J connectivity index is 0.000000735. The monoisotopic (exact) mass is 413 g/mol. The molecule has 0 saturated heterocycles. The van der Waals surface area contributed by atoms with Crippen molar-refractivity contribution in [3.8, 4) is 0 Å². The summed E-state index contributed by atoms with van der Waals surface area (Å²) in [5, 5.41) is 17.3. The molecular weight excluding hydrogens is 382 g/mol. The van der Waals surface area contributed by atoms with E-state index in [1.807, 2.05) is 56.6 Å². The highest BCUT2D eigenvalue weighted by molar-refractivity contribution is 5.95. The van der Waals surface area contributed by atoms with Crippen LogP contribution in [0.4, 0.5) is 17.1 Å². The van der Waals surface area contributed by atoms with Crippen molar-refractivity contribution in [2.24, 2.45) is 0 Å². The lowest BCUT2D eigenvalue weighted by molar-refractivity contribution is -0.134. The molecule has 30 heavy (non-hydrogen) atoms. The molecule has 162 valence electrons. The van der Waals surface area contributed by atoms with Gasteiger partial charge in [-0.15, -0.1) is 0 Å². The van der Waals surface area contributed by atoms with E-state index in [4.69, 9.17) is 9.90 Å². The van der Waals surface area contributed by atoms with Crippen molar-refractivity contribution in [2.45, 2.75) is 13.5 Å². The third-order valence-corrected chi connectivity index (χ3v) is 4.65.